The van der Waals surface area contributed by atoms with Crippen LogP contribution in [0.3, 0.4) is 0 Å². The zero-order valence-corrected chi connectivity index (χ0v) is 21.4. The standard InChI is InChI=1S/C31H29F3N2O/c1-29(2,3)24-15-22(14-21-8-6-7-9-23(21)24)26-16-20(12-13-35-26)19-10-11-25-27(17-19)37-28(36-25)18-30(4,5)31(32,33)34/h6-17H,18H2,1-5H3/i18D2. The largest absolute Gasteiger partial charge is 0.441 e. The molecule has 2 aromatic heterocycles. The van der Waals surface area contributed by atoms with E-state index in [1.807, 2.05) is 24.3 Å². The van der Waals surface area contributed by atoms with E-state index in [0.717, 1.165) is 41.6 Å². The van der Waals surface area contributed by atoms with Crippen molar-refractivity contribution in [3.05, 3.63) is 84.4 Å². The molecule has 0 fully saturated rings. The van der Waals surface area contributed by atoms with Gasteiger partial charge >= 0.3 is 6.18 Å². The highest BCUT2D eigenvalue weighted by molar-refractivity contribution is 5.91. The Morgan fingerprint density at radius 1 is 0.838 bits per heavy atom. The van der Waals surface area contributed by atoms with Crippen LogP contribution in [0, 0.1) is 5.41 Å². The monoisotopic (exact) mass is 504 g/mol. The van der Waals surface area contributed by atoms with Crippen LogP contribution in [0.25, 0.3) is 44.3 Å². The third-order valence-corrected chi connectivity index (χ3v) is 6.58. The van der Waals surface area contributed by atoms with Crippen molar-refractivity contribution in [1.29, 1.82) is 0 Å². The summed E-state index contributed by atoms with van der Waals surface area (Å²) in [7, 11) is 0. The summed E-state index contributed by atoms with van der Waals surface area (Å²) in [5, 5.41) is 2.32. The zero-order valence-electron chi connectivity index (χ0n) is 23.4. The number of aromatic nitrogens is 2. The summed E-state index contributed by atoms with van der Waals surface area (Å²) >= 11 is 0. The first-order valence-electron chi connectivity index (χ1n) is 13.1. The molecular formula is C31H29F3N2O. The predicted octanol–water partition coefficient (Wildman–Crippen LogP) is 9.14. The summed E-state index contributed by atoms with van der Waals surface area (Å²) in [4.78, 5) is 8.69. The van der Waals surface area contributed by atoms with Crippen molar-refractivity contribution in [2.24, 2.45) is 5.41 Å². The fraction of sp³-hybridized carbons (Fsp3) is 0.290. The van der Waals surface area contributed by atoms with Gasteiger partial charge in [0.25, 0.3) is 0 Å². The normalized spacial score (nSPS) is 14.2. The van der Waals surface area contributed by atoms with Gasteiger partial charge in [0, 0.05) is 20.9 Å². The summed E-state index contributed by atoms with van der Waals surface area (Å²) < 4.78 is 62.8. The van der Waals surface area contributed by atoms with Crippen LogP contribution in [0.1, 0.15) is 48.8 Å². The van der Waals surface area contributed by atoms with Crippen molar-refractivity contribution in [3.8, 4) is 22.4 Å². The Morgan fingerprint density at radius 3 is 2.30 bits per heavy atom. The molecule has 5 rings (SSSR count). The molecule has 5 aromatic rings. The summed E-state index contributed by atoms with van der Waals surface area (Å²) in [6.45, 7) is 8.16. The van der Waals surface area contributed by atoms with E-state index in [1.54, 1.807) is 24.4 Å². The van der Waals surface area contributed by atoms with Gasteiger partial charge in [-0.2, -0.15) is 13.2 Å². The van der Waals surface area contributed by atoms with Crippen molar-refractivity contribution in [2.45, 2.75) is 52.6 Å². The number of hydrogen-bond donors (Lipinski definition) is 0. The molecular weight excluding hydrogens is 473 g/mol. The number of halogens is 3. The Hall–Kier alpha value is -3.67. The Kier molecular flexibility index (Phi) is 5.31. The summed E-state index contributed by atoms with van der Waals surface area (Å²) in [6.07, 6.45) is -5.93. The van der Waals surface area contributed by atoms with E-state index in [9.17, 15) is 13.2 Å². The maximum absolute atomic E-state index is 13.6. The second-order valence-corrected chi connectivity index (χ2v) is 10.9. The summed E-state index contributed by atoms with van der Waals surface area (Å²) in [5.74, 6) is -0.599. The average Bonchev–Trinajstić information content (AvgIpc) is 3.31. The Labute approximate surface area is 217 Å². The van der Waals surface area contributed by atoms with Gasteiger partial charge in [0.05, 0.1) is 11.1 Å². The lowest BCUT2D eigenvalue weighted by Gasteiger charge is -2.25. The van der Waals surface area contributed by atoms with Gasteiger partial charge in [-0.15, -0.1) is 0 Å². The van der Waals surface area contributed by atoms with Gasteiger partial charge in [-0.25, -0.2) is 4.98 Å². The van der Waals surface area contributed by atoms with Crippen LogP contribution in [0.4, 0.5) is 13.2 Å². The number of pyridine rings is 1. The Balaban J connectivity index is 1.56. The van der Waals surface area contributed by atoms with Crippen LogP contribution in [0.5, 0.6) is 0 Å². The molecule has 3 aromatic carbocycles. The number of benzene rings is 3. The number of fused-ring (bicyclic) bond motifs is 2. The van der Waals surface area contributed by atoms with E-state index in [4.69, 9.17) is 7.16 Å². The van der Waals surface area contributed by atoms with Crippen LogP contribution in [-0.4, -0.2) is 16.1 Å². The average molecular weight is 505 g/mol. The highest BCUT2D eigenvalue weighted by atomic mass is 19.4. The molecule has 0 N–H and O–H groups in total. The zero-order chi connectivity index (χ0) is 28.4. The Morgan fingerprint density at radius 2 is 1.57 bits per heavy atom. The van der Waals surface area contributed by atoms with Crippen LogP contribution in [0.15, 0.2) is 77.3 Å². The van der Waals surface area contributed by atoms with Crippen molar-refractivity contribution >= 4 is 21.9 Å². The maximum atomic E-state index is 13.6. The van der Waals surface area contributed by atoms with Gasteiger partial charge in [-0.3, -0.25) is 4.98 Å². The smallest absolute Gasteiger partial charge is 0.394 e. The van der Waals surface area contributed by atoms with Crippen molar-refractivity contribution in [2.75, 3.05) is 0 Å². The quantitative estimate of drug-likeness (QED) is 0.245. The van der Waals surface area contributed by atoms with Gasteiger partial charge in [0.15, 0.2) is 11.5 Å². The minimum Gasteiger partial charge on any atom is -0.441 e. The lowest BCUT2D eigenvalue weighted by molar-refractivity contribution is -0.212. The van der Waals surface area contributed by atoms with Crippen LogP contribution in [0.2, 0.25) is 0 Å². The van der Waals surface area contributed by atoms with Crippen LogP contribution < -0.4 is 0 Å². The molecule has 6 heteroatoms. The first-order valence-corrected chi connectivity index (χ1v) is 12.1. The van der Waals surface area contributed by atoms with Crippen molar-refractivity contribution in [3.63, 3.8) is 0 Å². The second-order valence-electron chi connectivity index (χ2n) is 10.9. The molecule has 0 saturated carbocycles. The first kappa shape index (κ1) is 22.5. The molecule has 0 unspecified atom stereocenters. The third kappa shape index (κ3) is 4.85. The van der Waals surface area contributed by atoms with Gasteiger partial charge in [-0.1, -0.05) is 65.0 Å². The minimum absolute atomic E-state index is 0.0755. The molecule has 37 heavy (non-hydrogen) atoms. The maximum Gasteiger partial charge on any atom is 0.394 e. The highest BCUT2D eigenvalue weighted by Crippen LogP contribution is 2.41. The van der Waals surface area contributed by atoms with E-state index in [-0.39, 0.29) is 16.5 Å². The third-order valence-electron chi connectivity index (χ3n) is 6.58. The Bertz CT molecular complexity index is 1700. The van der Waals surface area contributed by atoms with Gasteiger partial charge < -0.3 is 4.42 Å². The summed E-state index contributed by atoms with van der Waals surface area (Å²) in [6, 6.07) is 21.5. The summed E-state index contributed by atoms with van der Waals surface area (Å²) in [5.41, 5.74) is 2.29. The molecule has 2 heterocycles. The van der Waals surface area contributed by atoms with E-state index >= 15 is 0 Å². The van der Waals surface area contributed by atoms with E-state index in [2.05, 4.69) is 55.0 Å². The minimum atomic E-state index is -4.79. The number of oxazole rings is 1. The molecule has 0 amide bonds. The van der Waals surface area contributed by atoms with Gasteiger partial charge in [-0.05, 0) is 69.3 Å². The lowest BCUT2D eigenvalue weighted by atomic mass is 9.82. The molecule has 0 atom stereocenters. The molecule has 0 aliphatic rings. The van der Waals surface area contributed by atoms with Crippen molar-refractivity contribution < 1.29 is 20.3 Å². The van der Waals surface area contributed by atoms with E-state index in [0.29, 0.717) is 0 Å². The van der Waals surface area contributed by atoms with Gasteiger partial charge in [0.1, 0.15) is 5.52 Å². The second kappa shape index (κ2) is 8.72. The predicted molar refractivity (Wildman–Crippen MR) is 142 cm³/mol. The van der Waals surface area contributed by atoms with Gasteiger partial charge in [0.2, 0.25) is 0 Å². The number of nitrogens with zero attached hydrogens (tertiary/aromatic N) is 2. The molecule has 0 spiro atoms. The number of rotatable bonds is 4. The lowest BCUT2D eigenvalue weighted by Crippen LogP contribution is -2.34. The van der Waals surface area contributed by atoms with Crippen molar-refractivity contribution in [1.82, 2.24) is 9.97 Å². The fourth-order valence-electron chi connectivity index (χ4n) is 4.34. The highest BCUT2D eigenvalue weighted by Gasteiger charge is 2.48. The SMILES string of the molecule is [2H]C([2H])(c1nc2ccc(-c3ccnc(-c4cc(C(C)(C)C)c5ccccc5c4)c3)cc2o1)C(C)(C)C(F)(F)F. The molecule has 0 bridgehead atoms. The van der Waals surface area contributed by atoms with Crippen LogP contribution >= 0.6 is 0 Å². The van der Waals surface area contributed by atoms with E-state index < -0.39 is 23.9 Å². The number of hydrogen-bond acceptors (Lipinski definition) is 3. The topological polar surface area (TPSA) is 38.9 Å². The molecule has 0 aliphatic heterocycles. The first-order chi connectivity index (χ1) is 18.1. The molecule has 0 aliphatic carbocycles. The molecule has 0 saturated heterocycles. The van der Waals surface area contributed by atoms with E-state index in [1.165, 1.54) is 10.9 Å². The molecule has 190 valence electrons. The molecule has 0 radical (unpaired) electrons. The fourth-order valence-corrected chi connectivity index (χ4v) is 4.34. The number of alkyl halides is 3. The molecule has 3 nitrogen and oxygen atoms in total. The van der Waals surface area contributed by atoms with Crippen LogP contribution in [-0.2, 0) is 11.8 Å².